The largest absolute Gasteiger partial charge is 0.305 e. The van der Waals surface area contributed by atoms with Crippen molar-refractivity contribution in [1.82, 2.24) is 14.5 Å². The Hall–Kier alpha value is -1.97. The molecule has 0 radical (unpaired) electrons. The Balaban J connectivity index is 2.47. The molecule has 0 fully saturated rings. The number of pyridine rings is 1. The highest BCUT2D eigenvalue weighted by Gasteiger charge is 1.96. The summed E-state index contributed by atoms with van der Waals surface area (Å²) in [6.07, 6.45) is 9.10. The average Bonchev–Trinajstić information content (AvgIpc) is 2.71. The van der Waals surface area contributed by atoms with Crippen molar-refractivity contribution >= 4 is 6.29 Å². The van der Waals surface area contributed by atoms with Gasteiger partial charge >= 0.3 is 0 Å². The van der Waals surface area contributed by atoms with Gasteiger partial charge in [-0.3, -0.25) is 9.78 Å². The molecular formula is C9H7N3O. The molecule has 0 bridgehead atoms. The minimum absolute atomic E-state index is 0.561. The van der Waals surface area contributed by atoms with E-state index in [-0.39, 0.29) is 0 Å². The predicted octanol–water partition coefficient (Wildman–Crippen LogP) is 1.08. The number of imidazole rings is 1. The van der Waals surface area contributed by atoms with E-state index in [1.165, 1.54) is 6.20 Å². The second-order valence-electron chi connectivity index (χ2n) is 2.56. The SMILES string of the molecule is O=Cc1cncc(-n2ccnc2)c1. The summed E-state index contributed by atoms with van der Waals surface area (Å²) in [4.78, 5) is 18.3. The highest BCUT2D eigenvalue weighted by molar-refractivity contribution is 5.75. The second kappa shape index (κ2) is 3.18. The predicted molar refractivity (Wildman–Crippen MR) is 46.7 cm³/mol. The van der Waals surface area contributed by atoms with Crippen LogP contribution in [-0.2, 0) is 0 Å². The van der Waals surface area contributed by atoms with Crippen LogP contribution in [0, 0.1) is 0 Å². The van der Waals surface area contributed by atoms with Gasteiger partial charge in [-0.25, -0.2) is 4.98 Å². The Morgan fingerprint density at radius 1 is 1.31 bits per heavy atom. The average molecular weight is 173 g/mol. The van der Waals surface area contributed by atoms with E-state index in [1.54, 1.807) is 35.6 Å². The van der Waals surface area contributed by atoms with E-state index in [1.807, 2.05) is 0 Å². The molecule has 0 spiro atoms. The lowest BCUT2D eigenvalue weighted by Gasteiger charge is -2.00. The molecule has 0 aliphatic carbocycles. The molecule has 2 aromatic heterocycles. The fraction of sp³-hybridized carbons (Fsp3) is 0. The lowest BCUT2D eigenvalue weighted by molar-refractivity contribution is 0.112. The molecule has 2 heterocycles. The molecule has 64 valence electrons. The third kappa shape index (κ3) is 1.46. The van der Waals surface area contributed by atoms with Crippen molar-refractivity contribution in [3.63, 3.8) is 0 Å². The van der Waals surface area contributed by atoms with Crippen LogP contribution in [0.25, 0.3) is 5.69 Å². The summed E-state index contributed by atoms with van der Waals surface area (Å²) in [6.45, 7) is 0. The van der Waals surface area contributed by atoms with E-state index in [2.05, 4.69) is 9.97 Å². The Kier molecular flexibility index (Phi) is 1.88. The third-order valence-corrected chi connectivity index (χ3v) is 1.68. The van der Waals surface area contributed by atoms with Crippen LogP contribution in [0.1, 0.15) is 10.4 Å². The molecule has 0 atom stereocenters. The third-order valence-electron chi connectivity index (χ3n) is 1.68. The summed E-state index contributed by atoms with van der Waals surface area (Å²) in [5, 5.41) is 0. The van der Waals surface area contributed by atoms with Gasteiger partial charge in [-0.1, -0.05) is 0 Å². The number of aldehydes is 1. The minimum Gasteiger partial charge on any atom is -0.305 e. The van der Waals surface area contributed by atoms with Gasteiger partial charge in [0.25, 0.3) is 0 Å². The molecule has 2 rings (SSSR count). The van der Waals surface area contributed by atoms with Crippen molar-refractivity contribution < 1.29 is 4.79 Å². The molecule has 0 N–H and O–H groups in total. The maximum atomic E-state index is 10.5. The zero-order valence-electron chi connectivity index (χ0n) is 6.79. The molecular weight excluding hydrogens is 166 g/mol. The molecule has 0 aliphatic rings. The van der Waals surface area contributed by atoms with Gasteiger partial charge in [0.2, 0.25) is 0 Å². The van der Waals surface area contributed by atoms with Crippen LogP contribution in [-0.4, -0.2) is 20.8 Å². The van der Waals surface area contributed by atoms with Crippen LogP contribution in [0.15, 0.2) is 37.2 Å². The van der Waals surface area contributed by atoms with E-state index >= 15 is 0 Å². The summed E-state index contributed by atoms with van der Waals surface area (Å²) in [5.74, 6) is 0. The van der Waals surface area contributed by atoms with Gasteiger partial charge in [-0.15, -0.1) is 0 Å². The van der Waals surface area contributed by atoms with Crippen molar-refractivity contribution in [2.24, 2.45) is 0 Å². The second-order valence-corrected chi connectivity index (χ2v) is 2.56. The highest BCUT2D eigenvalue weighted by atomic mass is 16.1. The van der Waals surface area contributed by atoms with Gasteiger partial charge in [0.15, 0.2) is 6.29 Å². The van der Waals surface area contributed by atoms with Crippen molar-refractivity contribution in [3.05, 3.63) is 42.7 Å². The normalized spacial score (nSPS) is 9.85. The summed E-state index contributed by atoms with van der Waals surface area (Å²) >= 11 is 0. The zero-order valence-corrected chi connectivity index (χ0v) is 6.79. The Morgan fingerprint density at radius 3 is 2.92 bits per heavy atom. The highest BCUT2D eigenvalue weighted by Crippen LogP contribution is 2.05. The standard InChI is InChI=1S/C9H7N3O/c13-6-8-3-9(5-11-4-8)12-2-1-10-7-12/h1-7H. The number of rotatable bonds is 2. The quantitative estimate of drug-likeness (QED) is 0.638. The van der Waals surface area contributed by atoms with Crippen molar-refractivity contribution in [3.8, 4) is 5.69 Å². The van der Waals surface area contributed by atoms with Crippen LogP contribution >= 0.6 is 0 Å². The number of hydrogen-bond donors (Lipinski definition) is 0. The number of carbonyl (C=O) groups is 1. The zero-order chi connectivity index (χ0) is 9.10. The molecule has 0 aliphatic heterocycles. The molecule has 0 aromatic carbocycles. The minimum atomic E-state index is 0.561. The molecule has 0 saturated carbocycles. The van der Waals surface area contributed by atoms with Crippen LogP contribution in [0.4, 0.5) is 0 Å². The topological polar surface area (TPSA) is 47.8 Å². The molecule has 2 aromatic rings. The van der Waals surface area contributed by atoms with Gasteiger partial charge < -0.3 is 4.57 Å². The van der Waals surface area contributed by atoms with E-state index in [9.17, 15) is 4.79 Å². The van der Waals surface area contributed by atoms with Crippen LogP contribution in [0.5, 0.6) is 0 Å². The van der Waals surface area contributed by atoms with Gasteiger partial charge in [-0.2, -0.15) is 0 Å². The maximum absolute atomic E-state index is 10.5. The van der Waals surface area contributed by atoms with Crippen molar-refractivity contribution in [2.45, 2.75) is 0 Å². The molecule has 0 saturated heterocycles. The maximum Gasteiger partial charge on any atom is 0.151 e. The summed E-state index contributed by atoms with van der Waals surface area (Å²) in [7, 11) is 0. The number of carbonyl (C=O) groups excluding carboxylic acids is 1. The first kappa shape index (κ1) is 7.67. The van der Waals surface area contributed by atoms with E-state index < -0.39 is 0 Å². The molecule has 13 heavy (non-hydrogen) atoms. The monoisotopic (exact) mass is 173 g/mol. The van der Waals surface area contributed by atoms with Crippen molar-refractivity contribution in [1.29, 1.82) is 0 Å². The molecule has 0 amide bonds. The number of hydrogen-bond acceptors (Lipinski definition) is 3. The fourth-order valence-electron chi connectivity index (χ4n) is 1.06. The Morgan fingerprint density at radius 2 is 2.23 bits per heavy atom. The lowest BCUT2D eigenvalue weighted by atomic mass is 10.3. The van der Waals surface area contributed by atoms with Gasteiger partial charge in [0, 0.05) is 24.2 Å². The van der Waals surface area contributed by atoms with Gasteiger partial charge in [-0.05, 0) is 6.07 Å². The first-order valence-corrected chi connectivity index (χ1v) is 3.79. The Bertz CT molecular complexity index is 409. The first-order chi connectivity index (χ1) is 6.40. The van der Waals surface area contributed by atoms with E-state index in [0.717, 1.165) is 12.0 Å². The van der Waals surface area contributed by atoms with Crippen molar-refractivity contribution in [2.75, 3.05) is 0 Å². The lowest BCUT2D eigenvalue weighted by Crippen LogP contribution is -1.92. The number of nitrogens with zero attached hydrogens (tertiary/aromatic N) is 3. The molecule has 4 heteroatoms. The Labute approximate surface area is 74.9 Å². The van der Waals surface area contributed by atoms with Gasteiger partial charge in [0.05, 0.1) is 18.2 Å². The van der Waals surface area contributed by atoms with Crippen LogP contribution in [0.3, 0.4) is 0 Å². The van der Waals surface area contributed by atoms with Crippen LogP contribution < -0.4 is 0 Å². The van der Waals surface area contributed by atoms with Gasteiger partial charge in [0.1, 0.15) is 0 Å². The van der Waals surface area contributed by atoms with E-state index in [4.69, 9.17) is 0 Å². The van der Waals surface area contributed by atoms with E-state index in [0.29, 0.717) is 5.56 Å². The fourth-order valence-corrected chi connectivity index (χ4v) is 1.06. The summed E-state index contributed by atoms with van der Waals surface area (Å²) in [6, 6.07) is 1.75. The molecule has 0 unspecified atom stereocenters. The molecule has 4 nitrogen and oxygen atoms in total. The summed E-state index contributed by atoms with van der Waals surface area (Å²) in [5.41, 5.74) is 1.40. The first-order valence-electron chi connectivity index (χ1n) is 3.79. The van der Waals surface area contributed by atoms with Crippen LogP contribution in [0.2, 0.25) is 0 Å². The summed E-state index contributed by atoms with van der Waals surface area (Å²) < 4.78 is 1.79. The number of aromatic nitrogens is 3. The smallest absolute Gasteiger partial charge is 0.151 e.